The van der Waals surface area contributed by atoms with Crippen LogP contribution in [0.4, 0.5) is 0 Å². The third kappa shape index (κ3) is 2.82. The summed E-state index contributed by atoms with van der Waals surface area (Å²) in [7, 11) is 2.15. The third-order valence-electron chi connectivity index (χ3n) is 6.28. The number of piperazine rings is 1. The van der Waals surface area contributed by atoms with E-state index in [1.165, 1.54) is 38.5 Å². The van der Waals surface area contributed by atoms with E-state index in [2.05, 4.69) is 22.4 Å². The molecule has 4 aliphatic carbocycles. The maximum Gasteiger partial charge on any atom is 0.240 e. The molecule has 1 amide bonds. The lowest BCUT2D eigenvalue weighted by molar-refractivity contribution is -0.152. The zero-order valence-corrected chi connectivity index (χ0v) is 13.7. The summed E-state index contributed by atoms with van der Waals surface area (Å²) in [5.41, 5.74) is 3.26. The van der Waals surface area contributed by atoms with E-state index in [4.69, 9.17) is 0 Å². The summed E-state index contributed by atoms with van der Waals surface area (Å²) in [5, 5.41) is 2.15. The molecule has 0 atom stereocenters. The SMILES string of the molecule is CN1CCN(NC(=O)C23CC4CC(CC(C4)C2)C3)CC1.[Cl-]. The normalized spacial score (nSPS) is 42.6. The van der Waals surface area contributed by atoms with E-state index in [0.29, 0.717) is 5.91 Å². The minimum Gasteiger partial charge on any atom is -1.00 e. The highest BCUT2D eigenvalue weighted by Crippen LogP contribution is 2.60. The van der Waals surface area contributed by atoms with Gasteiger partial charge in [-0.3, -0.25) is 10.2 Å². The van der Waals surface area contributed by atoms with Crippen LogP contribution >= 0.6 is 0 Å². The van der Waals surface area contributed by atoms with E-state index in [9.17, 15) is 4.79 Å². The van der Waals surface area contributed by atoms with Gasteiger partial charge >= 0.3 is 0 Å². The molecule has 5 aliphatic rings. The summed E-state index contributed by atoms with van der Waals surface area (Å²) in [4.78, 5) is 15.2. The Morgan fingerprint density at radius 3 is 1.90 bits per heavy atom. The van der Waals surface area contributed by atoms with Crippen LogP contribution in [0.2, 0.25) is 0 Å². The zero-order valence-electron chi connectivity index (χ0n) is 13.0. The van der Waals surface area contributed by atoms with Crippen molar-refractivity contribution in [3.05, 3.63) is 0 Å². The van der Waals surface area contributed by atoms with Crippen LogP contribution < -0.4 is 17.8 Å². The molecule has 0 aromatic carbocycles. The van der Waals surface area contributed by atoms with Gasteiger partial charge < -0.3 is 17.3 Å². The topological polar surface area (TPSA) is 35.6 Å². The van der Waals surface area contributed by atoms with Gasteiger partial charge in [0.15, 0.2) is 0 Å². The number of hydrogen-bond acceptors (Lipinski definition) is 3. The summed E-state index contributed by atoms with van der Waals surface area (Å²) in [6.07, 6.45) is 7.71. The molecule has 4 saturated carbocycles. The van der Waals surface area contributed by atoms with Crippen molar-refractivity contribution in [2.24, 2.45) is 23.2 Å². The van der Waals surface area contributed by atoms with Gasteiger partial charge in [-0.05, 0) is 63.3 Å². The van der Waals surface area contributed by atoms with Crippen molar-refractivity contribution in [2.75, 3.05) is 33.2 Å². The molecule has 0 spiro atoms. The van der Waals surface area contributed by atoms with E-state index in [1.807, 2.05) is 0 Å². The Bertz CT molecular complexity index is 371. The molecular formula is C16H27ClN3O-. The smallest absolute Gasteiger partial charge is 0.240 e. The summed E-state index contributed by atoms with van der Waals surface area (Å²) in [6.45, 7) is 4.05. The van der Waals surface area contributed by atoms with Crippen molar-refractivity contribution in [2.45, 2.75) is 38.5 Å². The molecule has 5 heteroatoms. The molecule has 4 nitrogen and oxygen atoms in total. The molecule has 1 aliphatic heterocycles. The lowest BCUT2D eigenvalue weighted by Gasteiger charge is -2.56. The molecule has 0 unspecified atom stereocenters. The van der Waals surface area contributed by atoms with E-state index >= 15 is 0 Å². The first-order valence-electron chi connectivity index (χ1n) is 8.37. The van der Waals surface area contributed by atoms with Crippen molar-refractivity contribution < 1.29 is 17.2 Å². The number of likely N-dealkylation sites (N-methyl/N-ethyl adjacent to an activating group) is 1. The first kappa shape index (κ1) is 15.6. The summed E-state index contributed by atoms with van der Waals surface area (Å²) < 4.78 is 0. The number of halogens is 1. The lowest BCUT2D eigenvalue weighted by Crippen LogP contribution is -3.00. The molecule has 0 radical (unpaired) electrons. The van der Waals surface area contributed by atoms with Crippen LogP contribution in [0.3, 0.4) is 0 Å². The number of rotatable bonds is 2. The summed E-state index contributed by atoms with van der Waals surface area (Å²) >= 11 is 0. The van der Waals surface area contributed by atoms with Gasteiger partial charge in [0, 0.05) is 26.2 Å². The molecule has 5 rings (SSSR count). The number of carbonyl (C=O) groups is 1. The molecule has 4 bridgehead atoms. The van der Waals surface area contributed by atoms with Crippen LogP contribution in [0.1, 0.15) is 38.5 Å². The average molecular weight is 313 g/mol. The maximum atomic E-state index is 12.9. The Morgan fingerprint density at radius 2 is 1.43 bits per heavy atom. The van der Waals surface area contributed by atoms with Crippen LogP contribution in [0.25, 0.3) is 0 Å². The molecule has 21 heavy (non-hydrogen) atoms. The second-order valence-electron chi connectivity index (χ2n) is 7.93. The Hall–Kier alpha value is -0.320. The standard InChI is InChI=1S/C16H27N3O.ClH/c1-18-2-4-19(5-3-18)17-15(20)16-9-12-6-13(10-16)8-14(7-12)11-16;/h12-14H,2-11H2,1H3,(H,17,20);1H/p-1. The minimum absolute atomic E-state index is 0. The molecule has 5 fully saturated rings. The summed E-state index contributed by atoms with van der Waals surface area (Å²) in [6, 6.07) is 0. The highest BCUT2D eigenvalue weighted by molar-refractivity contribution is 5.82. The number of carbonyl (C=O) groups excluding carboxylic acids is 1. The maximum absolute atomic E-state index is 12.9. The molecule has 0 aromatic rings. The number of amides is 1. The molecule has 1 N–H and O–H groups in total. The van der Waals surface area contributed by atoms with Crippen LogP contribution in [-0.2, 0) is 4.79 Å². The van der Waals surface area contributed by atoms with Crippen LogP contribution in [-0.4, -0.2) is 49.0 Å². The highest BCUT2D eigenvalue weighted by atomic mass is 35.5. The molecule has 1 heterocycles. The molecule has 0 aromatic heterocycles. The number of hydrazine groups is 1. The van der Waals surface area contributed by atoms with Gasteiger partial charge in [0.25, 0.3) is 0 Å². The lowest BCUT2D eigenvalue weighted by atomic mass is 9.49. The highest BCUT2D eigenvalue weighted by Gasteiger charge is 2.54. The largest absolute Gasteiger partial charge is 1.00 e. The molecular weight excluding hydrogens is 286 g/mol. The quantitative estimate of drug-likeness (QED) is 0.673. The van der Waals surface area contributed by atoms with Gasteiger partial charge in [0.2, 0.25) is 5.91 Å². The first-order valence-corrected chi connectivity index (χ1v) is 8.37. The zero-order chi connectivity index (χ0) is 13.7. The monoisotopic (exact) mass is 312 g/mol. The molecule has 120 valence electrons. The van der Waals surface area contributed by atoms with Gasteiger partial charge in [-0.2, -0.15) is 0 Å². The Morgan fingerprint density at radius 1 is 0.952 bits per heavy atom. The fourth-order valence-corrected chi connectivity index (χ4v) is 5.57. The van der Waals surface area contributed by atoms with E-state index in [0.717, 1.165) is 43.9 Å². The van der Waals surface area contributed by atoms with Crippen molar-refractivity contribution in [3.8, 4) is 0 Å². The van der Waals surface area contributed by atoms with E-state index < -0.39 is 0 Å². The van der Waals surface area contributed by atoms with Crippen LogP contribution in [0.5, 0.6) is 0 Å². The number of nitrogens with one attached hydrogen (secondary N) is 1. The fraction of sp³-hybridized carbons (Fsp3) is 0.938. The van der Waals surface area contributed by atoms with Gasteiger partial charge in [-0.25, -0.2) is 5.01 Å². The Balaban J connectivity index is 0.00000132. The predicted octanol–water partition coefficient (Wildman–Crippen LogP) is -1.51. The number of hydrogen-bond donors (Lipinski definition) is 1. The van der Waals surface area contributed by atoms with Crippen LogP contribution in [0.15, 0.2) is 0 Å². The van der Waals surface area contributed by atoms with Gasteiger partial charge in [0.1, 0.15) is 0 Å². The molecule has 1 saturated heterocycles. The van der Waals surface area contributed by atoms with E-state index in [-0.39, 0.29) is 17.8 Å². The number of nitrogens with zero attached hydrogens (tertiary/aromatic N) is 2. The van der Waals surface area contributed by atoms with Crippen LogP contribution in [0, 0.1) is 23.2 Å². The second kappa shape index (κ2) is 5.71. The van der Waals surface area contributed by atoms with Gasteiger partial charge in [-0.1, -0.05) is 0 Å². The Labute approximate surface area is 134 Å². The minimum atomic E-state index is -0.00189. The predicted molar refractivity (Wildman–Crippen MR) is 77.8 cm³/mol. The van der Waals surface area contributed by atoms with Crippen molar-refractivity contribution in [1.82, 2.24) is 15.3 Å². The van der Waals surface area contributed by atoms with E-state index in [1.54, 1.807) is 0 Å². The van der Waals surface area contributed by atoms with Crippen molar-refractivity contribution in [3.63, 3.8) is 0 Å². The fourth-order valence-electron chi connectivity index (χ4n) is 5.57. The average Bonchev–Trinajstić information content (AvgIpc) is 2.40. The summed E-state index contributed by atoms with van der Waals surface area (Å²) in [5.74, 6) is 2.89. The second-order valence-corrected chi connectivity index (χ2v) is 7.93. The Kier molecular flexibility index (Phi) is 4.23. The van der Waals surface area contributed by atoms with Crippen molar-refractivity contribution >= 4 is 5.91 Å². The first-order chi connectivity index (χ1) is 9.63. The third-order valence-corrected chi connectivity index (χ3v) is 6.28. The van der Waals surface area contributed by atoms with Gasteiger partial charge in [0.05, 0.1) is 5.41 Å². The van der Waals surface area contributed by atoms with Gasteiger partial charge in [-0.15, -0.1) is 0 Å². The van der Waals surface area contributed by atoms with Crippen molar-refractivity contribution in [1.29, 1.82) is 0 Å².